The second-order valence-corrected chi connectivity index (χ2v) is 4.99. The van der Waals surface area contributed by atoms with E-state index >= 15 is 0 Å². The van der Waals surface area contributed by atoms with E-state index in [4.69, 9.17) is 10.9 Å². The minimum absolute atomic E-state index is 0.265. The van der Waals surface area contributed by atoms with E-state index < -0.39 is 0 Å². The van der Waals surface area contributed by atoms with Crippen molar-refractivity contribution in [3.8, 4) is 0 Å². The molecule has 4 heteroatoms. The highest BCUT2D eigenvalue weighted by Gasteiger charge is 2.12. The number of hydrogen-bond acceptors (Lipinski definition) is 3. The molecule has 0 heterocycles. The molecule has 106 valence electrons. The molecule has 0 amide bonds. The molecule has 2 unspecified atom stereocenters. The van der Waals surface area contributed by atoms with Gasteiger partial charge in [0.1, 0.15) is 5.84 Å². The first-order chi connectivity index (χ1) is 9.15. The summed E-state index contributed by atoms with van der Waals surface area (Å²) in [4.78, 5) is 0. The minimum Gasteiger partial charge on any atom is -0.409 e. The third-order valence-corrected chi connectivity index (χ3v) is 3.31. The van der Waals surface area contributed by atoms with Crippen molar-refractivity contribution in [1.82, 2.24) is 5.32 Å². The SMILES string of the molecule is CCC(CC(N)=NO)NC(C)CCc1ccccc1. The zero-order valence-electron chi connectivity index (χ0n) is 11.8. The maximum absolute atomic E-state index is 8.60. The summed E-state index contributed by atoms with van der Waals surface area (Å²) in [5, 5.41) is 15.2. The first-order valence-electron chi connectivity index (χ1n) is 6.92. The number of nitrogens with two attached hydrogens (primary N) is 1. The van der Waals surface area contributed by atoms with Gasteiger partial charge >= 0.3 is 0 Å². The summed E-state index contributed by atoms with van der Waals surface area (Å²) >= 11 is 0. The number of nitrogens with one attached hydrogen (secondary N) is 1. The van der Waals surface area contributed by atoms with Crippen molar-refractivity contribution in [3.63, 3.8) is 0 Å². The van der Waals surface area contributed by atoms with Crippen LogP contribution in [-0.2, 0) is 6.42 Å². The molecule has 0 radical (unpaired) electrons. The summed E-state index contributed by atoms with van der Waals surface area (Å²) in [6.45, 7) is 4.28. The summed E-state index contributed by atoms with van der Waals surface area (Å²) in [7, 11) is 0. The van der Waals surface area contributed by atoms with Crippen molar-refractivity contribution in [3.05, 3.63) is 35.9 Å². The van der Waals surface area contributed by atoms with Gasteiger partial charge in [0.2, 0.25) is 0 Å². The maximum Gasteiger partial charge on any atom is 0.140 e. The monoisotopic (exact) mass is 263 g/mol. The molecule has 19 heavy (non-hydrogen) atoms. The molecule has 4 nitrogen and oxygen atoms in total. The molecule has 0 saturated carbocycles. The van der Waals surface area contributed by atoms with Gasteiger partial charge in [-0.2, -0.15) is 0 Å². The van der Waals surface area contributed by atoms with Crippen molar-refractivity contribution in [2.24, 2.45) is 10.9 Å². The fraction of sp³-hybridized carbons (Fsp3) is 0.533. The van der Waals surface area contributed by atoms with Gasteiger partial charge in [0, 0.05) is 18.5 Å². The molecule has 1 rings (SSSR count). The Labute approximate surface area is 115 Å². The quantitative estimate of drug-likeness (QED) is 0.292. The Morgan fingerprint density at radius 2 is 2.05 bits per heavy atom. The Bertz CT molecular complexity index is 378. The van der Waals surface area contributed by atoms with Crippen molar-refractivity contribution in [2.75, 3.05) is 0 Å². The summed E-state index contributed by atoms with van der Waals surface area (Å²) in [6.07, 6.45) is 3.69. The number of oxime groups is 1. The van der Waals surface area contributed by atoms with Crippen LogP contribution in [0.1, 0.15) is 38.7 Å². The number of rotatable bonds is 8. The second kappa shape index (κ2) is 8.53. The lowest BCUT2D eigenvalue weighted by Gasteiger charge is -2.21. The first kappa shape index (κ1) is 15.5. The summed E-state index contributed by atoms with van der Waals surface area (Å²) in [5.74, 6) is 0.287. The van der Waals surface area contributed by atoms with Gasteiger partial charge < -0.3 is 16.3 Å². The van der Waals surface area contributed by atoms with E-state index in [1.54, 1.807) is 0 Å². The average molecular weight is 263 g/mol. The van der Waals surface area contributed by atoms with Crippen LogP contribution in [0.5, 0.6) is 0 Å². The normalized spacial score (nSPS) is 15.2. The Hall–Kier alpha value is -1.55. The zero-order chi connectivity index (χ0) is 14.1. The number of nitrogens with zero attached hydrogens (tertiary/aromatic N) is 1. The van der Waals surface area contributed by atoms with E-state index in [1.165, 1.54) is 5.56 Å². The minimum atomic E-state index is 0.265. The Balaban J connectivity index is 2.34. The van der Waals surface area contributed by atoms with Gasteiger partial charge in [-0.3, -0.25) is 0 Å². The van der Waals surface area contributed by atoms with E-state index in [-0.39, 0.29) is 11.9 Å². The first-order valence-corrected chi connectivity index (χ1v) is 6.92. The molecular formula is C15H25N3O. The number of hydrogen-bond donors (Lipinski definition) is 3. The van der Waals surface area contributed by atoms with Gasteiger partial charge in [-0.1, -0.05) is 42.4 Å². The molecule has 1 aromatic carbocycles. The highest BCUT2D eigenvalue weighted by atomic mass is 16.4. The van der Waals surface area contributed by atoms with Crippen LogP contribution in [0.2, 0.25) is 0 Å². The number of benzene rings is 1. The van der Waals surface area contributed by atoms with Gasteiger partial charge in [-0.25, -0.2) is 0 Å². The summed E-state index contributed by atoms with van der Waals surface area (Å²) in [5.41, 5.74) is 6.91. The standard InChI is InChI=1S/C15H25N3O/c1-3-14(11-15(16)18-19)17-12(2)9-10-13-7-5-4-6-8-13/h4-8,12,14,17,19H,3,9-11H2,1-2H3,(H2,16,18). The number of aryl methyl sites for hydroxylation is 1. The molecule has 0 aliphatic rings. The maximum atomic E-state index is 8.60. The lowest BCUT2D eigenvalue weighted by Crippen LogP contribution is -2.39. The Kier molecular flexibility index (Phi) is 6.97. The fourth-order valence-electron chi connectivity index (χ4n) is 2.13. The molecule has 0 fully saturated rings. The van der Waals surface area contributed by atoms with Crippen molar-refractivity contribution >= 4 is 5.84 Å². The number of amidine groups is 1. The molecule has 2 atom stereocenters. The highest BCUT2D eigenvalue weighted by molar-refractivity contribution is 5.80. The Morgan fingerprint density at radius 1 is 1.37 bits per heavy atom. The van der Waals surface area contributed by atoms with Crippen LogP contribution in [0.3, 0.4) is 0 Å². The van der Waals surface area contributed by atoms with E-state index in [0.717, 1.165) is 19.3 Å². The summed E-state index contributed by atoms with van der Waals surface area (Å²) in [6, 6.07) is 11.2. The molecule has 4 N–H and O–H groups in total. The summed E-state index contributed by atoms with van der Waals surface area (Å²) < 4.78 is 0. The molecular weight excluding hydrogens is 238 g/mol. The lowest BCUT2D eigenvalue weighted by molar-refractivity contribution is 0.314. The van der Waals surface area contributed by atoms with Gasteiger partial charge in [0.25, 0.3) is 0 Å². The van der Waals surface area contributed by atoms with Crippen LogP contribution in [-0.4, -0.2) is 23.1 Å². The molecule has 0 aromatic heterocycles. The van der Waals surface area contributed by atoms with E-state index in [0.29, 0.717) is 12.5 Å². The molecule has 0 saturated heterocycles. The molecule has 0 spiro atoms. The molecule has 0 aliphatic carbocycles. The van der Waals surface area contributed by atoms with Crippen LogP contribution in [0.25, 0.3) is 0 Å². The topological polar surface area (TPSA) is 70.6 Å². The third kappa shape index (κ3) is 6.25. The third-order valence-electron chi connectivity index (χ3n) is 3.31. The lowest BCUT2D eigenvalue weighted by atomic mass is 10.0. The smallest absolute Gasteiger partial charge is 0.140 e. The van der Waals surface area contributed by atoms with E-state index in [9.17, 15) is 0 Å². The van der Waals surface area contributed by atoms with Crippen molar-refractivity contribution in [2.45, 2.75) is 51.6 Å². The van der Waals surface area contributed by atoms with Crippen LogP contribution < -0.4 is 11.1 Å². The fourth-order valence-corrected chi connectivity index (χ4v) is 2.13. The largest absolute Gasteiger partial charge is 0.409 e. The second-order valence-electron chi connectivity index (χ2n) is 4.99. The Morgan fingerprint density at radius 3 is 2.63 bits per heavy atom. The molecule has 1 aromatic rings. The van der Waals surface area contributed by atoms with E-state index in [1.807, 2.05) is 6.07 Å². The van der Waals surface area contributed by atoms with Crippen LogP contribution in [0.4, 0.5) is 0 Å². The zero-order valence-corrected chi connectivity index (χ0v) is 11.8. The van der Waals surface area contributed by atoms with Gasteiger partial charge in [-0.15, -0.1) is 0 Å². The predicted octanol–water partition coefficient (Wildman–Crippen LogP) is 2.51. The van der Waals surface area contributed by atoms with Gasteiger partial charge in [0.15, 0.2) is 0 Å². The van der Waals surface area contributed by atoms with Crippen molar-refractivity contribution < 1.29 is 5.21 Å². The van der Waals surface area contributed by atoms with Crippen molar-refractivity contribution in [1.29, 1.82) is 0 Å². The highest BCUT2D eigenvalue weighted by Crippen LogP contribution is 2.07. The van der Waals surface area contributed by atoms with Crippen LogP contribution in [0, 0.1) is 0 Å². The van der Waals surface area contributed by atoms with Gasteiger partial charge in [-0.05, 0) is 31.7 Å². The van der Waals surface area contributed by atoms with Crippen LogP contribution >= 0.6 is 0 Å². The predicted molar refractivity (Wildman–Crippen MR) is 79.5 cm³/mol. The molecule has 0 aliphatic heterocycles. The van der Waals surface area contributed by atoms with E-state index in [2.05, 4.69) is 48.6 Å². The van der Waals surface area contributed by atoms with Crippen LogP contribution in [0.15, 0.2) is 35.5 Å². The average Bonchev–Trinajstić information content (AvgIpc) is 2.45. The van der Waals surface area contributed by atoms with Gasteiger partial charge in [0.05, 0.1) is 0 Å². The molecule has 0 bridgehead atoms.